The van der Waals surface area contributed by atoms with Crippen LogP contribution in [0.5, 0.6) is 0 Å². The maximum Gasteiger partial charge on any atom is 0.251 e. The molecule has 2 rings (SSSR count). The summed E-state index contributed by atoms with van der Waals surface area (Å²) in [4.78, 5) is 12.4. The number of amides is 1. The van der Waals surface area contributed by atoms with E-state index in [4.69, 9.17) is 0 Å². The van der Waals surface area contributed by atoms with Crippen LogP contribution in [0.2, 0.25) is 0 Å². The van der Waals surface area contributed by atoms with Gasteiger partial charge in [-0.1, -0.05) is 18.2 Å². The topological polar surface area (TPSA) is 61.4 Å². The number of thiophene rings is 1. The lowest BCUT2D eigenvalue weighted by molar-refractivity contribution is 0.0604. The third-order valence-corrected chi connectivity index (χ3v) is 4.42. The monoisotopic (exact) mass is 304 g/mol. The summed E-state index contributed by atoms with van der Waals surface area (Å²) in [5.74, 6) is -0.0878. The second kappa shape index (κ2) is 6.85. The number of rotatable bonds is 6. The molecule has 0 spiro atoms. The normalized spacial score (nSPS) is 13.7. The van der Waals surface area contributed by atoms with Gasteiger partial charge in [0.15, 0.2) is 0 Å². The molecule has 2 aromatic rings. The summed E-state index contributed by atoms with van der Waals surface area (Å²) < 4.78 is 0. The first kappa shape index (κ1) is 15.7. The van der Waals surface area contributed by atoms with Crippen LogP contribution in [0.4, 0.5) is 0 Å². The van der Waals surface area contributed by atoms with Gasteiger partial charge in [-0.3, -0.25) is 4.79 Å². The van der Waals surface area contributed by atoms with Gasteiger partial charge >= 0.3 is 0 Å². The highest BCUT2D eigenvalue weighted by Gasteiger charge is 2.23. The van der Waals surface area contributed by atoms with E-state index in [1.165, 1.54) is 0 Å². The molecule has 4 nitrogen and oxygen atoms in total. The maximum absolute atomic E-state index is 11.4. The van der Waals surface area contributed by atoms with Gasteiger partial charge in [0.2, 0.25) is 0 Å². The van der Waals surface area contributed by atoms with Gasteiger partial charge in [-0.2, -0.15) is 0 Å². The van der Waals surface area contributed by atoms with Crippen LogP contribution in [-0.2, 0) is 12.1 Å². The summed E-state index contributed by atoms with van der Waals surface area (Å²) >= 11 is 1.55. The van der Waals surface area contributed by atoms with Crippen molar-refractivity contribution in [2.75, 3.05) is 13.6 Å². The number of nitrogens with one attached hydrogen (secondary N) is 2. The fourth-order valence-corrected chi connectivity index (χ4v) is 2.83. The van der Waals surface area contributed by atoms with Crippen molar-refractivity contribution >= 4 is 17.2 Å². The van der Waals surface area contributed by atoms with Crippen molar-refractivity contribution in [2.24, 2.45) is 0 Å². The fraction of sp³-hybridized carbons (Fsp3) is 0.312. The van der Waals surface area contributed by atoms with Crippen molar-refractivity contribution in [1.82, 2.24) is 10.6 Å². The molecule has 0 fully saturated rings. The molecule has 1 atom stereocenters. The van der Waals surface area contributed by atoms with Crippen LogP contribution < -0.4 is 10.6 Å². The van der Waals surface area contributed by atoms with Crippen molar-refractivity contribution in [3.63, 3.8) is 0 Å². The molecule has 0 aliphatic heterocycles. The van der Waals surface area contributed by atoms with Crippen LogP contribution in [0.15, 0.2) is 41.8 Å². The van der Waals surface area contributed by atoms with Crippen LogP contribution >= 0.6 is 11.3 Å². The molecule has 1 aromatic carbocycles. The summed E-state index contributed by atoms with van der Waals surface area (Å²) in [5, 5.41) is 18.2. The first-order chi connectivity index (χ1) is 10.0. The number of carbonyl (C=O) groups is 1. The predicted octanol–water partition coefficient (Wildman–Crippen LogP) is 2.10. The number of benzene rings is 1. The van der Waals surface area contributed by atoms with E-state index in [1.807, 2.05) is 29.6 Å². The number of hydrogen-bond acceptors (Lipinski definition) is 4. The molecular formula is C16H20N2O2S. The van der Waals surface area contributed by atoms with Crippen molar-refractivity contribution in [3.05, 3.63) is 57.8 Å². The van der Waals surface area contributed by atoms with E-state index in [0.717, 1.165) is 10.4 Å². The summed E-state index contributed by atoms with van der Waals surface area (Å²) in [6.07, 6.45) is 0. The van der Waals surface area contributed by atoms with Crippen LogP contribution in [0.3, 0.4) is 0 Å². The van der Waals surface area contributed by atoms with E-state index >= 15 is 0 Å². The highest BCUT2D eigenvalue weighted by Crippen LogP contribution is 2.24. The van der Waals surface area contributed by atoms with Crippen LogP contribution in [0.25, 0.3) is 0 Å². The van der Waals surface area contributed by atoms with Crippen LogP contribution in [0, 0.1) is 0 Å². The van der Waals surface area contributed by atoms with Crippen molar-refractivity contribution in [2.45, 2.75) is 19.1 Å². The Labute approximate surface area is 128 Å². The molecule has 1 heterocycles. The zero-order chi connectivity index (χ0) is 15.3. The fourth-order valence-electron chi connectivity index (χ4n) is 2.04. The Balaban J connectivity index is 1.87. The zero-order valence-corrected chi connectivity index (χ0v) is 13.0. The zero-order valence-electron chi connectivity index (χ0n) is 12.2. The molecule has 0 aliphatic carbocycles. The minimum atomic E-state index is -0.865. The number of carbonyl (C=O) groups excluding carboxylic acids is 1. The molecule has 1 unspecified atom stereocenters. The van der Waals surface area contributed by atoms with Gasteiger partial charge < -0.3 is 15.7 Å². The molecule has 1 aromatic heterocycles. The van der Waals surface area contributed by atoms with Crippen molar-refractivity contribution in [1.29, 1.82) is 0 Å². The third-order valence-electron chi connectivity index (χ3n) is 3.29. The lowest BCUT2D eigenvalue weighted by Gasteiger charge is -2.22. The molecular weight excluding hydrogens is 284 g/mol. The Hall–Kier alpha value is -1.69. The van der Waals surface area contributed by atoms with Gasteiger partial charge in [0.1, 0.15) is 5.60 Å². The van der Waals surface area contributed by atoms with E-state index in [9.17, 15) is 9.90 Å². The Morgan fingerprint density at radius 1 is 1.29 bits per heavy atom. The Kier molecular flexibility index (Phi) is 5.12. The maximum atomic E-state index is 11.4. The minimum Gasteiger partial charge on any atom is -0.383 e. The second-order valence-electron chi connectivity index (χ2n) is 5.13. The quantitative estimate of drug-likeness (QED) is 0.766. The summed E-state index contributed by atoms with van der Waals surface area (Å²) in [7, 11) is 1.62. The van der Waals surface area contributed by atoms with Gasteiger partial charge in [-0.15, -0.1) is 11.3 Å². The lowest BCUT2D eigenvalue weighted by Crippen LogP contribution is -2.34. The molecule has 0 aliphatic rings. The second-order valence-corrected chi connectivity index (χ2v) is 6.08. The number of hydrogen-bond donors (Lipinski definition) is 3. The van der Waals surface area contributed by atoms with Gasteiger partial charge in [-0.25, -0.2) is 0 Å². The van der Waals surface area contributed by atoms with E-state index in [2.05, 4.69) is 10.6 Å². The first-order valence-corrected chi connectivity index (χ1v) is 7.69. The van der Waals surface area contributed by atoms with E-state index in [-0.39, 0.29) is 5.91 Å². The third kappa shape index (κ3) is 4.14. The van der Waals surface area contributed by atoms with Crippen LogP contribution in [-0.4, -0.2) is 24.6 Å². The molecule has 21 heavy (non-hydrogen) atoms. The standard InChI is InChI=1S/C16H20N2O2S/c1-16(20,14-4-3-9-21-14)11-18-10-12-5-7-13(8-6-12)15(19)17-2/h3-9,18,20H,10-11H2,1-2H3,(H,17,19). The van der Waals surface area contributed by atoms with Crippen LogP contribution in [0.1, 0.15) is 27.7 Å². The molecule has 0 bridgehead atoms. The van der Waals surface area contributed by atoms with E-state index in [0.29, 0.717) is 18.7 Å². The number of aliphatic hydroxyl groups is 1. The van der Waals surface area contributed by atoms with Gasteiger partial charge in [0.25, 0.3) is 5.91 Å². The van der Waals surface area contributed by atoms with E-state index < -0.39 is 5.60 Å². The highest BCUT2D eigenvalue weighted by molar-refractivity contribution is 7.10. The Bertz CT molecular complexity index is 577. The average molecular weight is 304 g/mol. The molecule has 0 saturated carbocycles. The SMILES string of the molecule is CNC(=O)c1ccc(CNCC(C)(O)c2cccs2)cc1. The van der Waals surface area contributed by atoms with Crippen molar-refractivity contribution < 1.29 is 9.90 Å². The summed E-state index contributed by atoms with van der Waals surface area (Å²) in [6, 6.07) is 11.3. The molecule has 112 valence electrons. The van der Waals surface area contributed by atoms with Gasteiger partial charge in [0, 0.05) is 30.6 Å². The molecule has 0 radical (unpaired) electrons. The van der Waals surface area contributed by atoms with Gasteiger partial charge in [-0.05, 0) is 36.1 Å². The minimum absolute atomic E-state index is 0.0878. The molecule has 5 heteroatoms. The molecule has 1 amide bonds. The summed E-state index contributed by atoms with van der Waals surface area (Å²) in [5.41, 5.74) is 0.854. The molecule has 3 N–H and O–H groups in total. The van der Waals surface area contributed by atoms with Crippen molar-refractivity contribution in [3.8, 4) is 0 Å². The average Bonchev–Trinajstić information content (AvgIpc) is 3.02. The van der Waals surface area contributed by atoms with E-state index in [1.54, 1.807) is 37.4 Å². The predicted molar refractivity (Wildman–Crippen MR) is 85.4 cm³/mol. The Morgan fingerprint density at radius 2 is 2.00 bits per heavy atom. The lowest BCUT2D eigenvalue weighted by atomic mass is 10.0. The smallest absolute Gasteiger partial charge is 0.251 e. The van der Waals surface area contributed by atoms with Gasteiger partial charge in [0.05, 0.1) is 0 Å². The first-order valence-electron chi connectivity index (χ1n) is 6.81. The highest BCUT2D eigenvalue weighted by atomic mass is 32.1. The largest absolute Gasteiger partial charge is 0.383 e. The Morgan fingerprint density at radius 3 is 2.57 bits per heavy atom. The molecule has 0 saturated heterocycles. The summed E-state index contributed by atoms with van der Waals surface area (Å²) in [6.45, 7) is 2.93.